The Morgan fingerprint density at radius 2 is 1.94 bits per heavy atom. The van der Waals surface area contributed by atoms with Crippen molar-refractivity contribution < 1.29 is 0 Å². The highest BCUT2D eigenvalue weighted by Crippen LogP contribution is 2.24. The Kier molecular flexibility index (Phi) is 7.52. The second kappa shape index (κ2) is 11.3. The number of aryl methyl sites for hydroxylation is 1. The Balaban J connectivity index is 1.42. The van der Waals surface area contributed by atoms with Gasteiger partial charge in [0, 0.05) is 74.6 Å². The van der Waals surface area contributed by atoms with Crippen LogP contribution in [-0.2, 0) is 32.5 Å². The molecule has 1 aromatic carbocycles. The predicted octanol–water partition coefficient (Wildman–Crippen LogP) is 5.25. The summed E-state index contributed by atoms with van der Waals surface area (Å²) in [5.41, 5.74) is 6.33. The third-order valence-electron chi connectivity index (χ3n) is 6.78. The highest BCUT2D eigenvalue weighted by molar-refractivity contribution is 5.63. The van der Waals surface area contributed by atoms with Crippen molar-refractivity contribution in [2.75, 3.05) is 6.54 Å². The molecular formula is C30H33N5O. The van der Waals surface area contributed by atoms with E-state index in [4.69, 9.17) is 0 Å². The summed E-state index contributed by atoms with van der Waals surface area (Å²) < 4.78 is 1.96. The fraction of sp³-hybridized carbons (Fsp3) is 0.300. The van der Waals surface area contributed by atoms with Gasteiger partial charge in [-0.25, -0.2) is 4.98 Å². The van der Waals surface area contributed by atoms with Crippen molar-refractivity contribution in [3.63, 3.8) is 0 Å². The average Bonchev–Trinajstić information content (AvgIpc) is 3.36. The number of rotatable bonds is 9. The van der Waals surface area contributed by atoms with Gasteiger partial charge in [-0.05, 0) is 41.3 Å². The molecular weight excluding hydrogens is 446 g/mol. The monoisotopic (exact) mass is 479 g/mol. The van der Waals surface area contributed by atoms with E-state index in [0.717, 1.165) is 72.8 Å². The normalized spacial score (nSPS) is 13.8. The zero-order valence-corrected chi connectivity index (χ0v) is 20.9. The van der Waals surface area contributed by atoms with Crippen LogP contribution >= 0.6 is 0 Å². The van der Waals surface area contributed by atoms with Gasteiger partial charge in [0.15, 0.2) is 0 Å². The maximum atomic E-state index is 13.6. The molecule has 1 aliphatic rings. The van der Waals surface area contributed by atoms with Gasteiger partial charge in [0.1, 0.15) is 5.82 Å². The van der Waals surface area contributed by atoms with Crippen molar-refractivity contribution in [2.24, 2.45) is 0 Å². The lowest BCUT2D eigenvalue weighted by molar-refractivity contribution is 0.238. The van der Waals surface area contributed by atoms with E-state index in [1.807, 2.05) is 41.1 Å². The number of aromatic amines is 1. The topological polar surface area (TPSA) is 66.8 Å². The lowest BCUT2D eigenvalue weighted by Crippen LogP contribution is -2.36. The van der Waals surface area contributed by atoms with Gasteiger partial charge in [0.05, 0.1) is 0 Å². The molecule has 0 unspecified atom stereocenters. The number of nitrogens with one attached hydrogen (secondary N) is 1. The van der Waals surface area contributed by atoms with Crippen molar-refractivity contribution in [2.45, 2.75) is 52.2 Å². The molecule has 4 aromatic rings. The van der Waals surface area contributed by atoms with Gasteiger partial charge in [0.25, 0.3) is 5.56 Å². The average molecular weight is 480 g/mol. The van der Waals surface area contributed by atoms with E-state index in [9.17, 15) is 4.79 Å². The van der Waals surface area contributed by atoms with Gasteiger partial charge >= 0.3 is 0 Å². The summed E-state index contributed by atoms with van der Waals surface area (Å²) in [7, 11) is 0. The molecule has 5 rings (SSSR count). The first-order valence-electron chi connectivity index (χ1n) is 12.8. The fourth-order valence-electron chi connectivity index (χ4n) is 4.90. The van der Waals surface area contributed by atoms with E-state index in [1.165, 1.54) is 12.0 Å². The van der Waals surface area contributed by atoms with Crippen LogP contribution in [0.3, 0.4) is 0 Å². The summed E-state index contributed by atoms with van der Waals surface area (Å²) in [5.74, 6) is 1.07. The molecule has 0 saturated heterocycles. The van der Waals surface area contributed by atoms with E-state index in [-0.39, 0.29) is 5.56 Å². The van der Waals surface area contributed by atoms with Crippen LogP contribution in [0, 0.1) is 0 Å². The summed E-state index contributed by atoms with van der Waals surface area (Å²) in [5, 5.41) is 0. The minimum Gasteiger partial charge on any atom is -0.345 e. The summed E-state index contributed by atoms with van der Waals surface area (Å²) in [6, 6.07) is 16.1. The number of fused-ring (bicyclic) bond motifs is 1. The largest absolute Gasteiger partial charge is 0.345 e. The molecule has 0 spiro atoms. The maximum absolute atomic E-state index is 13.6. The van der Waals surface area contributed by atoms with Gasteiger partial charge in [-0.2, -0.15) is 0 Å². The van der Waals surface area contributed by atoms with Crippen LogP contribution in [0.5, 0.6) is 0 Å². The summed E-state index contributed by atoms with van der Waals surface area (Å²) in [4.78, 5) is 28.3. The minimum absolute atomic E-state index is 0.0558. The van der Waals surface area contributed by atoms with Crippen LogP contribution in [0.25, 0.3) is 17.2 Å². The first-order chi connectivity index (χ1) is 17.7. The number of hydrogen-bond acceptors (Lipinski definition) is 4. The molecule has 0 bridgehead atoms. The molecule has 6 nitrogen and oxygen atoms in total. The number of H-pyrrole nitrogens is 1. The molecule has 0 fully saturated rings. The minimum atomic E-state index is 0.0558. The number of hydrogen-bond donors (Lipinski definition) is 1. The Hall–Kier alpha value is -3.77. The molecule has 1 N–H and O–H groups in total. The summed E-state index contributed by atoms with van der Waals surface area (Å²) in [6.45, 7) is 5.30. The highest BCUT2D eigenvalue weighted by atomic mass is 16.1. The molecule has 36 heavy (non-hydrogen) atoms. The Morgan fingerprint density at radius 1 is 1.11 bits per heavy atom. The van der Waals surface area contributed by atoms with Gasteiger partial charge in [-0.3, -0.25) is 14.7 Å². The quantitative estimate of drug-likeness (QED) is 0.356. The lowest BCUT2D eigenvalue weighted by Gasteiger charge is -2.30. The van der Waals surface area contributed by atoms with Crippen LogP contribution in [0.2, 0.25) is 0 Å². The first-order valence-corrected chi connectivity index (χ1v) is 12.8. The van der Waals surface area contributed by atoms with E-state index < -0.39 is 0 Å². The molecule has 0 amide bonds. The van der Waals surface area contributed by atoms with E-state index in [2.05, 4.69) is 57.1 Å². The number of nitrogens with zero attached hydrogens (tertiary/aromatic N) is 4. The number of pyridine rings is 2. The second-order valence-electron chi connectivity index (χ2n) is 9.41. The van der Waals surface area contributed by atoms with Crippen LogP contribution in [-0.4, -0.2) is 31.0 Å². The van der Waals surface area contributed by atoms with Crippen molar-refractivity contribution in [1.82, 2.24) is 24.4 Å². The van der Waals surface area contributed by atoms with Crippen molar-refractivity contribution in [3.8, 4) is 11.1 Å². The molecule has 0 saturated carbocycles. The van der Waals surface area contributed by atoms with Crippen LogP contribution < -0.4 is 5.56 Å². The van der Waals surface area contributed by atoms with Gasteiger partial charge in [-0.15, -0.1) is 0 Å². The van der Waals surface area contributed by atoms with Gasteiger partial charge < -0.3 is 9.55 Å². The van der Waals surface area contributed by atoms with Crippen LogP contribution in [0.4, 0.5) is 0 Å². The SMILES string of the molecule is CCCCc1ncc(CN2CCc3c(cc(-c4ccncc4)c(=O)n3C/C=C/c3ccccc3)C2)[nH]1. The molecule has 1 aliphatic heterocycles. The second-order valence-corrected chi connectivity index (χ2v) is 9.41. The maximum Gasteiger partial charge on any atom is 0.258 e. The lowest BCUT2D eigenvalue weighted by atomic mass is 9.99. The number of aromatic nitrogens is 4. The molecule has 0 aliphatic carbocycles. The third-order valence-corrected chi connectivity index (χ3v) is 6.78. The van der Waals surface area contributed by atoms with Gasteiger partial charge in [0.2, 0.25) is 0 Å². The highest BCUT2D eigenvalue weighted by Gasteiger charge is 2.22. The van der Waals surface area contributed by atoms with Crippen molar-refractivity contribution in [1.29, 1.82) is 0 Å². The Morgan fingerprint density at radius 3 is 2.75 bits per heavy atom. The predicted molar refractivity (Wildman–Crippen MR) is 144 cm³/mol. The summed E-state index contributed by atoms with van der Waals surface area (Å²) >= 11 is 0. The number of imidazole rings is 1. The van der Waals surface area contributed by atoms with Crippen molar-refractivity contribution >= 4 is 6.08 Å². The van der Waals surface area contributed by atoms with Gasteiger partial charge in [-0.1, -0.05) is 55.8 Å². The van der Waals surface area contributed by atoms with Crippen LogP contribution in [0.1, 0.15) is 48.1 Å². The molecule has 6 heteroatoms. The smallest absolute Gasteiger partial charge is 0.258 e. The number of allylic oxidation sites excluding steroid dienone is 1. The van der Waals surface area contributed by atoms with E-state index in [0.29, 0.717) is 6.54 Å². The zero-order chi connectivity index (χ0) is 24.7. The van der Waals surface area contributed by atoms with E-state index >= 15 is 0 Å². The standard InChI is InChI=1S/C30H33N5O/c1-2-3-11-29-32-20-26(33-29)22-34-18-14-28-25(21-34)19-27(24-12-15-31-16-13-24)30(36)35(28)17-7-10-23-8-5-4-6-9-23/h4-10,12-13,15-16,19-20H,2-3,11,14,17-18,21-22H2,1H3,(H,32,33)/b10-7+. The fourth-order valence-corrected chi connectivity index (χ4v) is 4.90. The first kappa shape index (κ1) is 23.9. The van der Waals surface area contributed by atoms with E-state index in [1.54, 1.807) is 12.4 Å². The molecule has 3 aromatic heterocycles. The number of benzene rings is 1. The number of unbranched alkanes of at least 4 members (excludes halogenated alkanes) is 1. The molecule has 184 valence electrons. The zero-order valence-electron chi connectivity index (χ0n) is 20.9. The van der Waals surface area contributed by atoms with Crippen LogP contribution in [0.15, 0.2) is 78.0 Å². The molecule has 4 heterocycles. The van der Waals surface area contributed by atoms with Crippen molar-refractivity contribution in [3.05, 3.63) is 112 Å². The molecule has 0 radical (unpaired) electrons. The Labute approximate surface area is 212 Å². The Bertz CT molecular complexity index is 1370. The third kappa shape index (κ3) is 5.55. The molecule has 0 atom stereocenters. The summed E-state index contributed by atoms with van der Waals surface area (Å²) in [6.07, 6.45) is 13.8.